The van der Waals surface area contributed by atoms with Gasteiger partial charge in [0, 0.05) is 7.11 Å². The highest BCUT2D eigenvalue weighted by Crippen LogP contribution is 2.22. The average molecular weight is 250 g/mol. The molecule has 3 N–H and O–H groups in total. The Bertz CT molecular complexity index is 354. The van der Waals surface area contributed by atoms with Gasteiger partial charge in [0.1, 0.15) is 0 Å². The molecule has 2 atom stereocenters. The number of nitrogens with one attached hydrogen (secondary N) is 1. The van der Waals surface area contributed by atoms with Gasteiger partial charge in [0.05, 0.1) is 12.1 Å². The van der Waals surface area contributed by atoms with Crippen LogP contribution in [0.4, 0.5) is 0 Å². The SMILES string of the molecule is COC(C)C(Cc1ccc(C(C)(C)C)cc1)NN. The molecule has 1 aromatic carbocycles. The second kappa shape index (κ2) is 6.32. The monoisotopic (exact) mass is 250 g/mol. The highest BCUT2D eigenvalue weighted by atomic mass is 16.5. The van der Waals surface area contributed by atoms with Gasteiger partial charge in [-0.05, 0) is 29.9 Å². The zero-order chi connectivity index (χ0) is 13.8. The van der Waals surface area contributed by atoms with Crippen molar-refractivity contribution in [2.75, 3.05) is 7.11 Å². The molecular weight excluding hydrogens is 224 g/mol. The first-order chi connectivity index (χ1) is 8.38. The molecule has 0 heterocycles. The van der Waals surface area contributed by atoms with Gasteiger partial charge in [-0.1, -0.05) is 45.0 Å². The molecule has 0 aliphatic rings. The van der Waals surface area contributed by atoms with Crippen molar-refractivity contribution in [3.8, 4) is 0 Å². The Kier molecular flexibility index (Phi) is 5.32. The van der Waals surface area contributed by atoms with Crippen LogP contribution in [0.3, 0.4) is 0 Å². The van der Waals surface area contributed by atoms with E-state index in [1.54, 1.807) is 7.11 Å². The Morgan fingerprint density at radius 2 is 1.78 bits per heavy atom. The summed E-state index contributed by atoms with van der Waals surface area (Å²) in [6, 6.07) is 8.87. The molecule has 18 heavy (non-hydrogen) atoms. The van der Waals surface area contributed by atoms with Gasteiger partial charge >= 0.3 is 0 Å². The van der Waals surface area contributed by atoms with Gasteiger partial charge in [0.2, 0.25) is 0 Å². The van der Waals surface area contributed by atoms with Crippen molar-refractivity contribution in [3.05, 3.63) is 35.4 Å². The van der Waals surface area contributed by atoms with Crippen LogP contribution in [0, 0.1) is 0 Å². The van der Waals surface area contributed by atoms with Crippen molar-refractivity contribution in [2.45, 2.75) is 51.7 Å². The highest BCUT2D eigenvalue weighted by Gasteiger charge is 2.17. The largest absolute Gasteiger partial charge is 0.380 e. The molecule has 0 amide bonds. The van der Waals surface area contributed by atoms with E-state index in [4.69, 9.17) is 10.6 Å². The van der Waals surface area contributed by atoms with Gasteiger partial charge < -0.3 is 4.74 Å². The van der Waals surface area contributed by atoms with E-state index in [0.29, 0.717) is 0 Å². The molecule has 102 valence electrons. The molecule has 0 spiro atoms. The Labute approximate surface area is 111 Å². The van der Waals surface area contributed by atoms with Crippen molar-refractivity contribution in [1.29, 1.82) is 0 Å². The molecular formula is C15H26N2O. The second-order valence-corrected chi connectivity index (χ2v) is 5.87. The summed E-state index contributed by atoms with van der Waals surface area (Å²) >= 11 is 0. The van der Waals surface area contributed by atoms with Crippen LogP contribution < -0.4 is 11.3 Å². The minimum Gasteiger partial charge on any atom is -0.380 e. The fourth-order valence-electron chi connectivity index (χ4n) is 1.92. The Hall–Kier alpha value is -0.900. The Balaban J connectivity index is 2.74. The summed E-state index contributed by atoms with van der Waals surface area (Å²) in [5.74, 6) is 5.57. The van der Waals surface area contributed by atoms with Gasteiger partial charge in [-0.25, -0.2) is 0 Å². The van der Waals surface area contributed by atoms with E-state index in [1.165, 1.54) is 11.1 Å². The summed E-state index contributed by atoms with van der Waals surface area (Å²) in [5.41, 5.74) is 5.64. The molecule has 3 heteroatoms. The number of hydrogen-bond donors (Lipinski definition) is 2. The number of rotatable bonds is 5. The predicted molar refractivity (Wildman–Crippen MR) is 76.4 cm³/mol. The molecule has 0 saturated carbocycles. The van der Waals surface area contributed by atoms with E-state index in [0.717, 1.165) is 6.42 Å². The molecule has 0 bridgehead atoms. The molecule has 1 aromatic rings. The Morgan fingerprint density at radius 1 is 1.22 bits per heavy atom. The summed E-state index contributed by atoms with van der Waals surface area (Å²) in [6.07, 6.45) is 0.966. The van der Waals surface area contributed by atoms with Gasteiger partial charge in [0.25, 0.3) is 0 Å². The third kappa shape index (κ3) is 4.09. The molecule has 0 aliphatic carbocycles. The van der Waals surface area contributed by atoms with E-state index in [2.05, 4.69) is 50.5 Å². The molecule has 0 fully saturated rings. The van der Waals surface area contributed by atoms with E-state index < -0.39 is 0 Å². The van der Waals surface area contributed by atoms with Crippen molar-refractivity contribution in [2.24, 2.45) is 5.84 Å². The van der Waals surface area contributed by atoms with Crippen molar-refractivity contribution < 1.29 is 4.74 Å². The number of ether oxygens (including phenoxy) is 1. The third-order valence-electron chi connectivity index (χ3n) is 3.43. The maximum atomic E-state index is 5.57. The first-order valence-electron chi connectivity index (χ1n) is 6.47. The van der Waals surface area contributed by atoms with E-state index in [9.17, 15) is 0 Å². The number of methoxy groups -OCH3 is 1. The van der Waals surface area contributed by atoms with E-state index >= 15 is 0 Å². The highest BCUT2D eigenvalue weighted by molar-refractivity contribution is 5.28. The lowest BCUT2D eigenvalue weighted by molar-refractivity contribution is 0.0831. The number of nitrogens with two attached hydrogens (primary N) is 1. The lowest BCUT2D eigenvalue weighted by Gasteiger charge is -2.23. The molecule has 0 saturated heterocycles. The molecule has 2 unspecified atom stereocenters. The lowest BCUT2D eigenvalue weighted by Crippen LogP contribution is -2.45. The van der Waals surface area contributed by atoms with Crippen molar-refractivity contribution in [3.63, 3.8) is 0 Å². The quantitative estimate of drug-likeness (QED) is 0.623. The number of hydrazine groups is 1. The minimum atomic E-state index is 0.0947. The summed E-state index contributed by atoms with van der Waals surface area (Å²) in [5, 5.41) is 0. The van der Waals surface area contributed by atoms with Gasteiger partial charge in [0.15, 0.2) is 0 Å². The summed E-state index contributed by atoms with van der Waals surface area (Å²) in [4.78, 5) is 0. The zero-order valence-electron chi connectivity index (χ0n) is 12.2. The van der Waals surface area contributed by atoms with E-state index in [1.807, 2.05) is 6.92 Å². The topological polar surface area (TPSA) is 47.3 Å². The Morgan fingerprint density at radius 3 is 2.17 bits per heavy atom. The van der Waals surface area contributed by atoms with Crippen LogP contribution in [-0.4, -0.2) is 19.3 Å². The molecule has 0 radical (unpaired) electrons. The van der Waals surface area contributed by atoms with Crippen LogP contribution in [0.2, 0.25) is 0 Å². The van der Waals surface area contributed by atoms with Crippen LogP contribution >= 0.6 is 0 Å². The zero-order valence-corrected chi connectivity index (χ0v) is 12.2. The van der Waals surface area contributed by atoms with Crippen LogP contribution in [-0.2, 0) is 16.6 Å². The maximum Gasteiger partial charge on any atom is 0.0712 e. The molecule has 0 aliphatic heterocycles. The molecule has 0 aromatic heterocycles. The maximum absolute atomic E-state index is 5.57. The fourth-order valence-corrected chi connectivity index (χ4v) is 1.92. The van der Waals surface area contributed by atoms with Crippen molar-refractivity contribution >= 4 is 0 Å². The van der Waals surface area contributed by atoms with Crippen LogP contribution in [0.5, 0.6) is 0 Å². The van der Waals surface area contributed by atoms with Crippen LogP contribution in [0.1, 0.15) is 38.8 Å². The second-order valence-electron chi connectivity index (χ2n) is 5.87. The summed E-state index contributed by atoms with van der Waals surface area (Å²) < 4.78 is 5.31. The fraction of sp³-hybridized carbons (Fsp3) is 0.600. The first-order valence-corrected chi connectivity index (χ1v) is 6.47. The van der Waals surface area contributed by atoms with Crippen LogP contribution in [0.25, 0.3) is 0 Å². The third-order valence-corrected chi connectivity index (χ3v) is 3.43. The van der Waals surface area contributed by atoms with E-state index in [-0.39, 0.29) is 17.6 Å². The number of hydrogen-bond acceptors (Lipinski definition) is 3. The summed E-state index contributed by atoms with van der Waals surface area (Å²) in [6.45, 7) is 8.69. The predicted octanol–water partition coefficient (Wildman–Crippen LogP) is 2.39. The normalized spacial score (nSPS) is 15.4. The van der Waals surface area contributed by atoms with Crippen molar-refractivity contribution in [1.82, 2.24) is 5.43 Å². The standard InChI is InChI=1S/C15H26N2O/c1-11(18-5)14(17-16)10-12-6-8-13(9-7-12)15(2,3)4/h6-9,11,14,17H,10,16H2,1-5H3. The first kappa shape index (κ1) is 15.2. The van der Waals surface area contributed by atoms with Gasteiger partial charge in [-0.2, -0.15) is 0 Å². The average Bonchev–Trinajstić information content (AvgIpc) is 2.34. The molecule has 1 rings (SSSR count). The van der Waals surface area contributed by atoms with Crippen LogP contribution in [0.15, 0.2) is 24.3 Å². The van der Waals surface area contributed by atoms with Gasteiger partial charge in [-0.15, -0.1) is 0 Å². The smallest absolute Gasteiger partial charge is 0.0712 e. The minimum absolute atomic E-state index is 0.0947. The molecule has 3 nitrogen and oxygen atoms in total. The number of benzene rings is 1. The lowest BCUT2D eigenvalue weighted by atomic mass is 9.86. The summed E-state index contributed by atoms with van der Waals surface area (Å²) in [7, 11) is 1.71. The van der Waals surface area contributed by atoms with Gasteiger partial charge in [-0.3, -0.25) is 11.3 Å².